The van der Waals surface area contributed by atoms with E-state index in [0.29, 0.717) is 41.8 Å². The fourth-order valence-corrected chi connectivity index (χ4v) is 4.94. The average Bonchev–Trinajstić information content (AvgIpc) is 3.39. The number of thioether (sulfide) groups is 1. The summed E-state index contributed by atoms with van der Waals surface area (Å²) in [5, 5.41) is 9.31. The van der Waals surface area contributed by atoms with Crippen LogP contribution in [0.25, 0.3) is 11.5 Å². The van der Waals surface area contributed by atoms with Gasteiger partial charge in [-0.3, -0.25) is 9.69 Å². The maximum Gasteiger partial charge on any atom is 0.416 e. The van der Waals surface area contributed by atoms with Crippen molar-refractivity contribution in [2.45, 2.75) is 38.5 Å². The summed E-state index contributed by atoms with van der Waals surface area (Å²) in [5.41, 5.74) is 2.74. The molecule has 0 amide bonds. The second-order valence-corrected chi connectivity index (χ2v) is 9.01. The first kappa shape index (κ1) is 23.4. The fraction of sp³-hybridized carbons (Fsp3) is 0.333. The Morgan fingerprint density at radius 3 is 2.42 bits per heavy atom. The number of halogens is 3. The van der Waals surface area contributed by atoms with E-state index in [1.54, 1.807) is 18.7 Å². The summed E-state index contributed by atoms with van der Waals surface area (Å²) < 4.78 is 44.0. The lowest BCUT2D eigenvalue weighted by atomic mass is 10.1. The third-order valence-electron chi connectivity index (χ3n) is 5.67. The summed E-state index contributed by atoms with van der Waals surface area (Å²) in [4.78, 5) is 17.8. The third kappa shape index (κ3) is 5.59. The van der Waals surface area contributed by atoms with Crippen LogP contribution in [0.5, 0.6) is 0 Å². The zero-order valence-electron chi connectivity index (χ0n) is 17.9. The molecule has 5 nitrogen and oxygen atoms in total. The van der Waals surface area contributed by atoms with Crippen LogP contribution in [0.15, 0.2) is 52.9 Å². The largest absolute Gasteiger partial charge is 0.480 e. The molecule has 0 bridgehead atoms. The number of aryl methyl sites for hydroxylation is 3. The lowest BCUT2D eigenvalue weighted by molar-refractivity contribution is -0.142. The van der Waals surface area contributed by atoms with Crippen LogP contribution in [0.3, 0.4) is 0 Å². The van der Waals surface area contributed by atoms with E-state index in [9.17, 15) is 23.1 Å². The lowest BCUT2D eigenvalue weighted by Gasteiger charge is -2.20. The molecule has 0 saturated carbocycles. The summed E-state index contributed by atoms with van der Waals surface area (Å²) in [6.07, 6.45) is -3.01. The van der Waals surface area contributed by atoms with E-state index in [0.717, 1.165) is 35.4 Å². The van der Waals surface area contributed by atoms with Gasteiger partial charge >= 0.3 is 12.1 Å². The van der Waals surface area contributed by atoms with Gasteiger partial charge in [-0.1, -0.05) is 24.3 Å². The molecule has 2 heterocycles. The number of carbonyl (C=O) groups is 1. The summed E-state index contributed by atoms with van der Waals surface area (Å²) >= 11 is 1.63. The lowest BCUT2D eigenvalue weighted by Crippen LogP contribution is -2.37. The first-order chi connectivity index (χ1) is 15.7. The highest BCUT2D eigenvalue weighted by atomic mass is 32.2. The minimum absolute atomic E-state index is 0.308. The number of nitrogens with zero attached hydrogens (tertiary/aromatic N) is 2. The van der Waals surface area contributed by atoms with Crippen molar-refractivity contribution in [2.24, 2.45) is 0 Å². The summed E-state index contributed by atoms with van der Waals surface area (Å²) in [6.45, 7) is 2.40. The standard InChI is InChI=1S/C24H23F3N2O3S/c1-15-20(28-22(32-15)18-7-9-19(10-8-18)24(25,26)27)11-6-16-2-4-17(5-3-16)12-29-14-33-13-21(29)23(30)31/h2-5,7-10,21H,6,11-14H2,1H3,(H,30,31). The number of carboxylic acid groups (broad SMARTS) is 1. The molecule has 2 aromatic carbocycles. The van der Waals surface area contributed by atoms with Crippen LogP contribution in [-0.4, -0.2) is 38.6 Å². The van der Waals surface area contributed by atoms with Gasteiger partial charge in [0.15, 0.2) is 0 Å². The highest BCUT2D eigenvalue weighted by Gasteiger charge is 2.31. The zero-order valence-corrected chi connectivity index (χ0v) is 18.7. The molecular formula is C24H23F3N2O3S. The van der Waals surface area contributed by atoms with Gasteiger partial charge in [0.05, 0.1) is 11.3 Å². The van der Waals surface area contributed by atoms with Gasteiger partial charge in [-0.25, -0.2) is 4.98 Å². The van der Waals surface area contributed by atoms with E-state index in [4.69, 9.17) is 4.42 Å². The van der Waals surface area contributed by atoms with Gasteiger partial charge in [0, 0.05) is 23.7 Å². The van der Waals surface area contributed by atoms with Crippen LogP contribution in [0, 0.1) is 6.92 Å². The Bertz CT molecular complexity index is 1110. The van der Waals surface area contributed by atoms with Gasteiger partial charge in [0.2, 0.25) is 5.89 Å². The summed E-state index contributed by atoms with van der Waals surface area (Å²) in [6, 6.07) is 12.4. The van der Waals surface area contributed by atoms with Gasteiger partial charge < -0.3 is 9.52 Å². The molecule has 3 aromatic rings. The number of aliphatic carboxylic acids is 1. The first-order valence-electron chi connectivity index (χ1n) is 10.5. The maximum atomic E-state index is 12.8. The van der Waals surface area contributed by atoms with Gasteiger partial charge in [-0.05, 0) is 55.2 Å². The van der Waals surface area contributed by atoms with Crippen molar-refractivity contribution in [3.05, 3.63) is 76.7 Å². The maximum absolute atomic E-state index is 12.8. The van der Waals surface area contributed by atoms with E-state index >= 15 is 0 Å². The molecule has 9 heteroatoms. The molecule has 1 aliphatic rings. The Morgan fingerprint density at radius 2 is 1.79 bits per heavy atom. The Kier molecular flexibility index (Phi) is 6.81. The number of hydrogen-bond donors (Lipinski definition) is 1. The van der Waals surface area contributed by atoms with Crippen LogP contribution >= 0.6 is 11.8 Å². The number of oxazole rings is 1. The summed E-state index contributed by atoms with van der Waals surface area (Å²) in [7, 11) is 0. The third-order valence-corrected chi connectivity index (χ3v) is 6.74. The van der Waals surface area contributed by atoms with Crippen molar-refractivity contribution < 1.29 is 27.5 Å². The molecule has 1 saturated heterocycles. The van der Waals surface area contributed by atoms with Crippen LogP contribution < -0.4 is 0 Å². The van der Waals surface area contributed by atoms with Gasteiger partial charge in [-0.15, -0.1) is 11.8 Å². The van der Waals surface area contributed by atoms with E-state index in [1.165, 1.54) is 12.1 Å². The van der Waals surface area contributed by atoms with Crippen LogP contribution in [0.1, 0.15) is 28.1 Å². The predicted molar refractivity (Wildman–Crippen MR) is 120 cm³/mol. The van der Waals surface area contributed by atoms with Gasteiger partial charge in [0.1, 0.15) is 11.8 Å². The molecule has 0 radical (unpaired) electrons. The number of aromatic nitrogens is 1. The SMILES string of the molecule is Cc1oc(-c2ccc(C(F)(F)F)cc2)nc1CCc1ccc(CN2CSCC2C(=O)O)cc1. The van der Waals surface area contributed by atoms with E-state index in [-0.39, 0.29) is 0 Å². The topological polar surface area (TPSA) is 66.6 Å². The smallest absolute Gasteiger partial charge is 0.416 e. The quantitative estimate of drug-likeness (QED) is 0.492. The van der Waals surface area contributed by atoms with Crippen LogP contribution in [0.2, 0.25) is 0 Å². The minimum Gasteiger partial charge on any atom is -0.480 e. The zero-order chi connectivity index (χ0) is 23.6. The fourth-order valence-electron chi connectivity index (χ4n) is 3.75. The van der Waals surface area contributed by atoms with Gasteiger partial charge in [0.25, 0.3) is 0 Å². The van der Waals surface area contributed by atoms with Crippen LogP contribution in [0.4, 0.5) is 13.2 Å². The molecule has 1 aromatic heterocycles. The van der Waals surface area contributed by atoms with Crippen molar-refractivity contribution in [3.63, 3.8) is 0 Å². The minimum atomic E-state index is -4.38. The molecule has 4 rings (SSSR count). The van der Waals surface area contributed by atoms with Crippen LogP contribution in [-0.2, 0) is 30.4 Å². The van der Waals surface area contributed by atoms with Crippen molar-refractivity contribution in [2.75, 3.05) is 11.6 Å². The Hall–Kier alpha value is -2.78. The van der Waals surface area contributed by atoms with Crippen molar-refractivity contribution in [1.82, 2.24) is 9.88 Å². The molecule has 1 aliphatic heterocycles. The Morgan fingerprint density at radius 1 is 1.12 bits per heavy atom. The predicted octanol–water partition coefficient (Wildman–Crippen LogP) is 5.41. The van der Waals surface area contributed by atoms with E-state index in [1.807, 2.05) is 29.2 Å². The molecule has 0 aliphatic carbocycles. The molecule has 1 N–H and O–H groups in total. The highest BCUT2D eigenvalue weighted by Crippen LogP contribution is 2.31. The number of rotatable bonds is 7. The molecule has 1 unspecified atom stereocenters. The van der Waals surface area contributed by atoms with Gasteiger partial charge in [-0.2, -0.15) is 13.2 Å². The summed E-state index contributed by atoms with van der Waals surface area (Å²) in [5.74, 6) is 1.50. The molecule has 1 fully saturated rings. The number of alkyl halides is 3. The van der Waals surface area contributed by atoms with E-state index in [2.05, 4.69) is 4.98 Å². The highest BCUT2D eigenvalue weighted by molar-refractivity contribution is 7.99. The number of carboxylic acids is 1. The second kappa shape index (κ2) is 9.61. The number of hydrogen-bond acceptors (Lipinski definition) is 5. The molecule has 33 heavy (non-hydrogen) atoms. The molecule has 1 atom stereocenters. The van der Waals surface area contributed by atoms with Crippen molar-refractivity contribution in [3.8, 4) is 11.5 Å². The molecular weight excluding hydrogens is 453 g/mol. The monoisotopic (exact) mass is 476 g/mol. The van der Waals surface area contributed by atoms with E-state index < -0.39 is 23.8 Å². The average molecular weight is 477 g/mol. The normalized spacial score (nSPS) is 16.9. The second-order valence-electron chi connectivity index (χ2n) is 8.01. The number of benzene rings is 2. The van der Waals surface area contributed by atoms with Crippen molar-refractivity contribution in [1.29, 1.82) is 0 Å². The Labute approximate surface area is 193 Å². The Balaban J connectivity index is 1.37. The molecule has 174 valence electrons. The first-order valence-corrected chi connectivity index (χ1v) is 11.6. The molecule has 0 spiro atoms. The van der Waals surface area contributed by atoms with Crippen molar-refractivity contribution >= 4 is 17.7 Å².